The van der Waals surface area contributed by atoms with E-state index in [9.17, 15) is 0 Å². The molecule has 0 spiro atoms. The van der Waals surface area contributed by atoms with Crippen LogP contribution < -0.4 is 5.32 Å². The van der Waals surface area contributed by atoms with Gasteiger partial charge in [-0.25, -0.2) is 4.98 Å². The van der Waals surface area contributed by atoms with Gasteiger partial charge in [-0.3, -0.25) is 0 Å². The molecule has 2 N–H and O–H groups in total. The van der Waals surface area contributed by atoms with Gasteiger partial charge in [0.05, 0.1) is 6.33 Å². The van der Waals surface area contributed by atoms with E-state index in [1.807, 2.05) is 24.4 Å². The molecule has 1 aromatic carbocycles. The number of nitrogens with zero attached hydrogens (tertiary/aromatic N) is 1. The van der Waals surface area contributed by atoms with Gasteiger partial charge in [-0.2, -0.15) is 0 Å². The molecular weight excluding hydrogens is 257 g/mol. The minimum Gasteiger partial charge on any atom is -0.347 e. The summed E-state index contributed by atoms with van der Waals surface area (Å²) >= 11 is 6.06. The van der Waals surface area contributed by atoms with Crippen molar-refractivity contribution in [3.05, 3.63) is 53.1 Å². The van der Waals surface area contributed by atoms with Gasteiger partial charge in [0.2, 0.25) is 0 Å². The summed E-state index contributed by atoms with van der Waals surface area (Å²) < 4.78 is 0. The molecular formula is C12H15Cl2N3. The summed E-state index contributed by atoms with van der Waals surface area (Å²) in [5.74, 6) is 0. The molecule has 0 aliphatic carbocycles. The molecule has 1 heterocycles. The molecule has 0 atom stereocenters. The van der Waals surface area contributed by atoms with Crippen molar-refractivity contribution in [2.45, 2.75) is 13.0 Å². The van der Waals surface area contributed by atoms with Crippen LogP contribution in [0, 0.1) is 0 Å². The lowest BCUT2D eigenvalue weighted by Crippen LogP contribution is -2.16. The summed E-state index contributed by atoms with van der Waals surface area (Å²) in [5, 5.41) is 4.17. The van der Waals surface area contributed by atoms with Gasteiger partial charge in [-0.15, -0.1) is 12.4 Å². The number of aromatic nitrogens is 2. The minimum absolute atomic E-state index is 0. The summed E-state index contributed by atoms with van der Waals surface area (Å²) in [6.07, 6.45) is 4.45. The second-order valence-electron chi connectivity index (χ2n) is 3.60. The number of halogens is 2. The van der Waals surface area contributed by atoms with E-state index in [-0.39, 0.29) is 12.4 Å². The van der Waals surface area contributed by atoms with E-state index < -0.39 is 0 Å². The molecule has 0 radical (unpaired) electrons. The van der Waals surface area contributed by atoms with Crippen LogP contribution in [0.15, 0.2) is 36.8 Å². The van der Waals surface area contributed by atoms with Gasteiger partial charge in [0.25, 0.3) is 0 Å². The van der Waals surface area contributed by atoms with E-state index in [1.165, 1.54) is 5.56 Å². The number of rotatable bonds is 5. The molecule has 0 saturated heterocycles. The summed E-state index contributed by atoms with van der Waals surface area (Å²) in [5.41, 5.74) is 2.28. The maximum atomic E-state index is 6.06. The Bertz CT molecular complexity index is 429. The lowest BCUT2D eigenvalue weighted by molar-refractivity contribution is 0.677. The molecule has 2 rings (SSSR count). The van der Waals surface area contributed by atoms with Crippen molar-refractivity contribution in [3.8, 4) is 0 Å². The average Bonchev–Trinajstić information content (AvgIpc) is 2.79. The summed E-state index contributed by atoms with van der Waals surface area (Å²) in [7, 11) is 0. The van der Waals surface area contributed by atoms with E-state index in [2.05, 4.69) is 21.4 Å². The molecule has 2 aromatic rings. The van der Waals surface area contributed by atoms with Crippen molar-refractivity contribution in [1.29, 1.82) is 0 Å². The van der Waals surface area contributed by atoms with Crippen molar-refractivity contribution in [2.75, 3.05) is 6.54 Å². The van der Waals surface area contributed by atoms with E-state index in [1.54, 1.807) is 6.33 Å². The number of benzene rings is 1. The SMILES string of the molecule is Cl.Clc1ccccc1CCNCc1cnc[nH]1. The zero-order valence-corrected chi connectivity index (χ0v) is 10.9. The Morgan fingerprint density at radius 1 is 1.29 bits per heavy atom. The molecule has 92 valence electrons. The number of hydrogen-bond acceptors (Lipinski definition) is 2. The third kappa shape index (κ3) is 4.38. The molecule has 3 nitrogen and oxygen atoms in total. The Kier molecular flexibility index (Phi) is 6.05. The molecule has 1 aromatic heterocycles. The predicted octanol–water partition coefficient (Wildman–Crippen LogP) is 2.82. The molecule has 0 saturated carbocycles. The van der Waals surface area contributed by atoms with Gasteiger partial charge < -0.3 is 10.3 Å². The quantitative estimate of drug-likeness (QED) is 0.822. The molecule has 0 bridgehead atoms. The van der Waals surface area contributed by atoms with Crippen molar-refractivity contribution in [1.82, 2.24) is 15.3 Å². The van der Waals surface area contributed by atoms with Crippen LogP contribution >= 0.6 is 24.0 Å². The van der Waals surface area contributed by atoms with Crippen LogP contribution in [-0.2, 0) is 13.0 Å². The maximum Gasteiger partial charge on any atom is 0.0922 e. The standard InChI is InChI=1S/C12H14ClN3.ClH/c13-12-4-2-1-3-10(12)5-6-14-7-11-8-15-9-16-11;/h1-4,8-9,14H,5-7H2,(H,15,16);1H. The van der Waals surface area contributed by atoms with E-state index >= 15 is 0 Å². The first-order valence-corrected chi connectivity index (χ1v) is 5.65. The fourth-order valence-corrected chi connectivity index (χ4v) is 1.76. The van der Waals surface area contributed by atoms with Crippen LogP contribution in [0.5, 0.6) is 0 Å². The van der Waals surface area contributed by atoms with Crippen molar-refractivity contribution in [2.24, 2.45) is 0 Å². The number of hydrogen-bond donors (Lipinski definition) is 2. The largest absolute Gasteiger partial charge is 0.347 e. The van der Waals surface area contributed by atoms with Crippen LogP contribution in [0.2, 0.25) is 5.02 Å². The normalized spacial score (nSPS) is 9.94. The zero-order valence-electron chi connectivity index (χ0n) is 9.32. The number of aromatic amines is 1. The summed E-state index contributed by atoms with van der Waals surface area (Å²) in [4.78, 5) is 7.00. The lowest BCUT2D eigenvalue weighted by Gasteiger charge is -2.05. The van der Waals surface area contributed by atoms with Crippen molar-refractivity contribution < 1.29 is 0 Å². The average molecular weight is 272 g/mol. The Morgan fingerprint density at radius 3 is 2.82 bits per heavy atom. The molecule has 0 aliphatic heterocycles. The fraction of sp³-hybridized carbons (Fsp3) is 0.250. The van der Waals surface area contributed by atoms with Gasteiger partial charge in [0, 0.05) is 23.5 Å². The highest BCUT2D eigenvalue weighted by Crippen LogP contribution is 2.14. The number of nitrogens with one attached hydrogen (secondary N) is 2. The molecule has 0 amide bonds. The second kappa shape index (κ2) is 7.33. The topological polar surface area (TPSA) is 40.7 Å². The van der Waals surface area contributed by atoms with E-state index in [0.29, 0.717) is 0 Å². The molecule has 0 aliphatic rings. The Hall–Kier alpha value is -1.03. The molecule has 0 fully saturated rings. The highest BCUT2D eigenvalue weighted by Gasteiger charge is 1.98. The van der Waals surface area contributed by atoms with Crippen LogP contribution in [0.25, 0.3) is 0 Å². The lowest BCUT2D eigenvalue weighted by atomic mass is 10.1. The molecule has 17 heavy (non-hydrogen) atoms. The minimum atomic E-state index is 0. The molecule has 0 unspecified atom stereocenters. The first-order valence-electron chi connectivity index (χ1n) is 5.27. The van der Waals surface area contributed by atoms with Crippen LogP contribution in [0.1, 0.15) is 11.3 Å². The maximum absolute atomic E-state index is 6.06. The highest BCUT2D eigenvalue weighted by molar-refractivity contribution is 6.31. The van der Waals surface area contributed by atoms with Crippen LogP contribution in [0.4, 0.5) is 0 Å². The van der Waals surface area contributed by atoms with Crippen LogP contribution in [-0.4, -0.2) is 16.5 Å². The van der Waals surface area contributed by atoms with Crippen molar-refractivity contribution >= 4 is 24.0 Å². The smallest absolute Gasteiger partial charge is 0.0922 e. The second-order valence-corrected chi connectivity index (χ2v) is 4.00. The van der Waals surface area contributed by atoms with Gasteiger partial charge in [0.1, 0.15) is 0 Å². The van der Waals surface area contributed by atoms with Crippen LogP contribution in [0.3, 0.4) is 0 Å². The monoisotopic (exact) mass is 271 g/mol. The number of imidazole rings is 1. The van der Waals surface area contributed by atoms with Crippen molar-refractivity contribution in [3.63, 3.8) is 0 Å². The highest BCUT2D eigenvalue weighted by atomic mass is 35.5. The third-order valence-corrected chi connectivity index (χ3v) is 2.77. The molecule has 5 heteroatoms. The van der Waals surface area contributed by atoms with Gasteiger partial charge >= 0.3 is 0 Å². The Morgan fingerprint density at radius 2 is 2.12 bits per heavy atom. The number of H-pyrrole nitrogens is 1. The van der Waals surface area contributed by atoms with Gasteiger partial charge in [-0.05, 0) is 24.6 Å². The fourth-order valence-electron chi connectivity index (χ4n) is 1.53. The summed E-state index contributed by atoms with van der Waals surface area (Å²) in [6.45, 7) is 1.72. The predicted molar refractivity (Wildman–Crippen MR) is 72.7 cm³/mol. The first-order chi connectivity index (χ1) is 7.86. The van der Waals surface area contributed by atoms with E-state index in [4.69, 9.17) is 11.6 Å². The summed E-state index contributed by atoms with van der Waals surface area (Å²) in [6, 6.07) is 7.94. The first kappa shape index (κ1) is 14.0. The third-order valence-electron chi connectivity index (χ3n) is 2.40. The van der Waals surface area contributed by atoms with Gasteiger partial charge in [0.15, 0.2) is 0 Å². The Balaban J connectivity index is 0.00000144. The van der Waals surface area contributed by atoms with Gasteiger partial charge in [-0.1, -0.05) is 29.8 Å². The van der Waals surface area contributed by atoms with E-state index in [0.717, 1.165) is 30.2 Å². The zero-order chi connectivity index (χ0) is 11.2. The Labute approximate surface area is 112 Å².